The van der Waals surface area contributed by atoms with Crippen LogP contribution in [-0.2, 0) is 16.6 Å². The fourth-order valence-electron chi connectivity index (χ4n) is 1.69. The lowest BCUT2D eigenvalue weighted by molar-refractivity contribution is 0.578. The predicted octanol–water partition coefficient (Wildman–Crippen LogP) is 1.52. The Morgan fingerprint density at radius 3 is 2.75 bits per heavy atom. The molecule has 8 heteroatoms. The van der Waals surface area contributed by atoms with Gasteiger partial charge in [-0.15, -0.1) is 11.3 Å². The first-order valence-electron chi connectivity index (χ1n) is 5.91. The number of thiophene rings is 1. The molecule has 0 bridgehead atoms. The van der Waals surface area contributed by atoms with Crippen LogP contribution >= 0.6 is 11.3 Å². The zero-order valence-corrected chi connectivity index (χ0v) is 12.8. The van der Waals surface area contributed by atoms with Crippen molar-refractivity contribution in [3.63, 3.8) is 0 Å². The molecule has 0 saturated carbocycles. The number of hydrazine groups is 1. The molecule has 0 fully saturated rings. The van der Waals surface area contributed by atoms with E-state index < -0.39 is 10.0 Å². The van der Waals surface area contributed by atoms with Gasteiger partial charge in [0.15, 0.2) is 5.03 Å². The number of hydrogen-bond donors (Lipinski definition) is 3. The number of hydrogen-bond acceptors (Lipinski definition) is 6. The van der Waals surface area contributed by atoms with Gasteiger partial charge in [-0.3, -0.25) is 5.84 Å². The molecule has 2 rings (SSSR count). The van der Waals surface area contributed by atoms with Crippen LogP contribution in [0.3, 0.4) is 0 Å². The topological polar surface area (TPSA) is 97.1 Å². The number of aromatic nitrogens is 1. The van der Waals surface area contributed by atoms with Crippen LogP contribution in [0.2, 0.25) is 0 Å². The van der Waals surface area contributed by atoms with E-state index in [1.54, 1.807) is 23.5 Å². The van der Waals surface area contributed by atoms with Gasteiger partial charge in [0.1, 0.15) is 0 Å². The van der Waals surface area contributed by atoms with E-state index in [0.717, 1.165) is 10.4 Å². The largest absolute Gasteiger partial charge is 0.321 e. The first kappa shape index (κ1) is 14.9. The molecule has 0 spiro atoms. The van der Waals surface area contributed by atoms with Crippen LogP contribution in [0.4, 0.5) is 5.69 Å². The van der Waals surface area contributed by atoms with Crippen molar-refractivity contribution < 1.29 is 8.42 Å². The summed E-state index contributed by atoms with van der Waals surface area (Å²) in [5.74, 6) is 5.30. The third-order valence-electron chi connectivity index (χ3n) is 2.83. The Morgan fingerprint density at radius 1 is 1.40 bits per heavy atom. The van der Waals surface area contributed by atoms with E-state index in [-0.39, 0.29) is 17.3 Å². The number of nitrogens with two attached hydrogens (primary N) is 1. The van der Waals surface area contributed by atoms with E-state index in [0.29, 0.717) is 0 Å². The van der Waals surface area contributed by atoms with Crippen molar-refractivity contribution in [3.8, 4) is 0 Å². The Labute approximate surface area is 122 Å². The monoisotopic (exact) mass is 312 g/mol. The summed E-state index contributed by atoms with van der Waals surface area (Å²) in [7, 11) is -3.70. The van der Waals surface area contributed by atoms with Crippen LogP contribution in [0.1, 0.15) is 15.3 Å². The van der Waals surface area contributed by atoms with Crippen molar-refractivity contribution in [1.82, 2.24) is 9.71 Å². The highest BCUT2D eigenvalue weighted by molar-refractivity contribution is 7.89. The second-order valence-corrected chi connectivity index (χ2v) is 7.30. The van der Waals surface area contributed by atoms with Gasteiger partial charge in [0.25, 0.3) is 10.0 Å². The van der Waals surface area contributed by atoms with Gasteiger partial charge in [-0.2, -0.15) is 0 Å². The molecule has 0 aliphatic carbocycles. The lowest BCUT2D eigenvalue weighted by atomic mass is 10.3. The highest BCUT2D eigenvalue weighted by Gasteiger charge is 2.19. The maximum Gasteiger partial charge on any atom is 0.260 e. The summed E-state index contributed by atoms with van der Waals surface area (Å²) in [6.45, 7) is 4.24. The number of pyridine rings is 1. The SMILES string of the molecule is Cc1cc(CNS(=O)(=O)c2ncccc2NN)sc1C. The molecular weight excluding hydrogens is 296 g/mol. The molecule has 0 aliphatic heterocycles. The zero-order valence-electron chi connectivity index (χ0n) is 11.2. The summed E-state index contributed by atoms with van der Waals surface area (Å²) in [5, 5.41) is -0.104. The van der Waals surface area contributed by atoms with Crippen LogP contribution in [0.25, 0.3) is 0 Å². The van der Waals surface area contributed by atoms with E-state index in [1.165, 1.54) is 11.1 Å². The Balaban J connectivity index is 2.19. The van der Waals surface area contributed by atoms with Gasteiger partial charge in [0, 0.05) is 22.5 Å². The number of nitrogens with zero attached hydrogens (tertiary/aromatic N) is 1. The first-order chi connectivity index (χ1) is 9.44. The highest BCUT2D eigenvalue weighted by Crippen LogP contribution is 2.22. The van der Waals surface area contributed by atoms with Crippen molar-refractivity contribution >= 4 is 27.0 Å². The Bertz CT molecular complexity index is 690. The Kier molecular flexibility index (Phi) is 4.39. The number of rotatable bonds is 5. The molecule has 0 aliphatic rings. The minimum atomic E-state index is -3.70. The van der Waals surface area contributed by atoms with Crippen molar-refractivity contribution in [2.45, 2.75) is 25.4 Å². The van der Waals surface area contributed by atoms with Gasteiger partial charge >= 0.3 is 0 Å². The lowest BCUT2D eigenvalue weighted by Crippen LogP contribution is -2.25. The fourth-order valence-corrected chi connectivity index (χ4v) is 3.87. The molecule has 6 nitrogen and oxygen atoms in total. The molecule has 2 heterocycles. The molecule has 0 unspecified atom stereocenters. The van der Waals surface area contributed by atoms with Crippen LogP contribution < -0.4 is 16.0 Å². The minimum Gasteiger partial charge on any atom is -0.321 e. The van der Waals surface area contributed by atoms with Gasteiger partial charge in [0.2, 0.25) is 0 Å². The molecule has 4 N–H and O–H groups in total. The summed E-state index contributed by atoms with van der Waals surface area (Å²) in [6, 6.07) is 5.14. The van der Waals surface area contributed by atoms with E-state index in [2.05, 4.69) is 15.1 Å². The van der Waals surface area contributed by atoms with E-state index in [9.17, 15) is 8.42 Å². The smallest absolute Gasteiger partial charge is 0.260 e. The fraction of sp³-hybridized carbons (Fsp3) is 0.250. The highest BCUT2D eigenvalue weighted by atomic mass is 32.2. The molecule has 0 saturated heterocycles. The van der Waals surface area contributed by atoms with Crippen LogP contribution in [-0.4, -0.2) is 13.4 Å². The molecule has 20 heavy (non-hydrogen) atoms. The maximum absolute atomic E-state index is 12.2. The van der Waals surface area contributed by atoms with Crippen LogP contribution in [0, 0.1) is 13.8 Å². The van der Waals surface area contributed by atoms with Crippen molar-refractivity contribution in [1.29, 1.82) is 0 Å². The lowest BCUT2D eigenvalue weighted by Gasteiger charge is -2.09. The Hall–Kier alpha value is -1.48. The second kappa shape index (κ2) is 5.88. The van der Waals surface area contributed by atoms with Crippen molar-refractivity contribution in [2.24, 2.45) is 5.84 Å². The predicted molar refractivity (Wildman–Crippen MR) is 79.9 cm³/mol. The molecule has 0 atom stereocenters. The molecule has 2 aromatic rings. The summed E-state index contributed by atoms with van der Waals surface area (Å²) in [6.07, 6.45) is 1.41. The van der Waals surface area contributed by atoms with E-state index in [4.69, 9.17) is 5.84 Å². The molecule has 0 radical (unpaired) electrons. The minimum absolute atomic E-state index is 0.104. The quantitative estimate of drug-likeness (QED) is 0.574. The van der Waals surface area contributed by atoms with Crippen LogP contribution in [0.5, 0.6) is 0 Å². The normalized spacial score (nSPS) is 11.6. The number of nitrogens with one attached hydrogen (secondary N) is 2. The van der Waals surface area contributed by atoms with Gasteiger partial charge in [-0.1, -0.05) is 0 Å². The van der Waals surface area contributed by atoms with E-state index in [1.807, 2.05) is 19.9 Å². The molecule has 2 aromatic heterocycles. The summed E-state index contributed by atoms with van der Waals surface area (Å²) < 4.78 is 27.0. The van der Waals surface area contributed by atoms with Crippen LogP contribution in [0.15, 0.2) is 29.4 Å². The van der Waals surface area contributed by atoms with E-state index >= 15 is 0 Å². The van der Waals surface area contributed by atoms with Gasteiger partial charge in [-0.25, -0.2) is 18.1 Å². The molecule has 0 amide bonds. The average Bonchev–Trinajstić information content (AvgIpc) is 2.76. The first-order valence-corrected chi connectivity index (χ1v) is 8.21. The molecular formula is C12H16N4O2S2. The van der Waals surface area contributed by atoms with Gasteiger partial charge < -0.3 is 5.43 Å². The maximum atomic E-state index is 12.2. The zero-order chi connectivity index (χ0) is 14.8. The van der Waals surface area contributed by atoms with Crippen molar-refractivity contribution in [2.75, 3.05) is 5.43 Å². The number of anilines is 1. The molecule has 0 aromatic carbocycles. The van der Waals surface area contributed by atoms with Gasteiger partial charge in [-0.05, 0) is 37.6 Å². The second-order valence-electron chi connectivity index (χ2n) is 4.28. The Morgan fingerprint density at radius 2 is 2.15 bits per heavy atom. The number of sulfonamides is 1. The average molecular weight is 312 g/mol. The van der Waals surface area contributed by atoms with Gasteiger partial charge in [0.05, 0.1) is 5.69 Å². The standard InChI is InChI=1S/C12H16N4O2S2/c1-8-6-10(19-9(8)2)7-15-20(17,18)12-11(16-13)4-3-5-14-12/h3-6,15-16H,7,13H2,1-2H3. The third kappa shape index (κ3) is 3.15. The summed E-state index contributed by atoms with van der Waals surface area (Å²) in [4.78, 5) is 6.01. The number of nitrogen functional groups attached to an aromatic ring is 1. The third-order valence-corrected chi connectivity index (χ3v) is 5.35. The van der Waals surface area contributed by atoms with Crippen molar-refractivity contribution in [3.05, 3.63) is 39.7 Å². The summed E-state index contributed by atoms with van der Waals surface area (Å²) in [5.41, 5.74) is 3.76. The molecule has 108 valence electrons. The summed E-state index contributed by atoms with van der Waals surface area (Å²) >= 11 is 1.57. The number of aryl methyl sites for hydroxylation is 2.